The van der Waals surface area contributed by atoms with Gasteiger partial charge in [0.25, 0.3) is 0 Å². The van der Waals surface area contributed by atoms with E-state index in [0.717, 1.165) is 31.5 Å². The van der Waals surface area contributed by atoms with Crippen LogP contribution in [-0.2, 0) is 14.8 Å². The van der Waals surface area contributed by atoms with Crippen LogP contribution in [0.25, 0.3) is 6.08 Å². The Balaban J connectivity index is 1.64. The van der Waals surface area contributed by atoms with Crippen molar-refractivity contribution < 1.29 is 13.2 Å². The summed E-state index contributed by atoms with van der Waals surface area (Å²) in [5.41, 5.74) is 1.61. The second kappa shape index (κ2) is 11.0. The standard InChI is InChI=1S/C24H30ClN3O3S/c1-3-23(28(32(2,30)31)22-13-11-21(25)12-14-22)24(29)27-18-16-26(17-19-27)15-7-10-20-8-5-4-6-9-20/h4-14,23H,3,15-19H2,1-2H3/b10-7+/t23-/m0/s1. The Morgan fingerprint density at radius 1 is 1.06 bits per heavy atom. The summed E-state index contributed by atoms with van der Waals surface area (Å²) in [6, 6.07) is 15.9. The van der Waals surface area contributed by atoms with E-state index in [2.05, 4.69) is 29.2 Å². The largest absolute Gasteiger partial charge is 0.338 e. The highest BCUT2D eigenvalue weighted by atomic mass is 35.5. The second-order valence-electron chi connectivity index (χ2n) is 7.90. The minimum atomic E-state index is -3.65. The third-order valence-electron chi connectivity index (χ3n) is 5.55. The molecule has 1 amide bonds. The van der Waals surface area contributed by atoms with Crippen molar-refractivity contribution in [2.75, 3.05) is 43.3 Å². The average Bonchev–Trinajstić information content (AvgIpc) is 2.78. The van der Waals surface area contributed by atoms with Gasteiger partial charge in [0.15, 0.2) is 0 Å². The third kappa shape index (κ3) is 6.34. The molecule has 0 radical (unpaired) electrons. The predicted molar refractivity (Wildman–Crippen MR) is 131 cm³/mol. The van der Waals surface area contributed by atoms with Crippen LogP contribution >= 0.6 is 11.6 Å². The molecule has 2 aromatic carbocycles. The first kappa shape index (κ1) is 24.3. The molecule has 0 aromatic heterocycles. The van der Waals surface area contributed by atoms with Gasteiger partial charge in [-0.1, -0.05) is 61.0 Å². The normalized spacial score (nSPS) is 16.3. The molecule has 1 fully saturated rings. The van der Waals surface area contributed by atoms with Gasteiger partial charge in [0.2, 0.25) is 15.9 Å². The molecular weight excluding hydrogens is 446 g/mol. The first-order valence-corrected chi connectivity index (χ1v) is 13.0. The van der Waals surface area contributed by atoms with Crippen molar-refractivity contribution in [2.24, 2.45) is 0 Å². The number of benzene rings is 2. The molecule has 6 nitrogen and oxygen atoms in total. The number of carbonyl (C=O) groups excluding carboxylic acids is 1. The van der Waals surface area contributed by atoms with Crippen LogP contribution in [0, 0.1) is 0 Å². The van der Waals surface area contributed by atoms with E-state index in [1.54, 1.807) is 29.2 Å². The van der Waals surface area contributed by atoms with Crippen molar-refractivity contribution in [3.8, 4) is 0 Å². The van der Waals surface area contributed by atoms with Crippen molar-refractivity contribution in [1.29, 1.82) is 0 Å². The molecule has 8 heteroatoms. The Labute approximate surface area is 196 Å². The Morgan fingerprint density at radius 3 is 2.25 bits per heavy atom. The molecule has 0 bridgehead atoms. The lowest BCUT2D eigenvalue weighted by Crippen LogP contribution is -2.55. The Hall–Kier alpha value is -2.35. The van der Waals surface area contributed by atoms with Crippen molar-refractivity contribution in [3.63, 3.8) is 0 Å². The lowest BCUT2D eigenvalue weighted by Gasteiger charge is -2.38. The first-order chi connectivity index (χ1) is 15.3. The molecule has 0 spiro atoms. The van der Waals surface area contributed by atoms with Crippen LogP contribution in [0.4, 0.5) is 5.69 Å². The number of hydrogen-bond acceptors (Lipinski definition) is 4. The van der Waals surface area contributed by atoms with Crippen LogP contribution in [0.15, 0.2) is 60.7 Å². The van der Waals surface area contributed by atoms with E-state index < -0.39 is 16.1 Å². The predicted octanol–water partition coefficient (Wildman–Crippen LogP) is 3.74. The molecule has 2 aromatic rings. The van der Waals surface area contributed by atoms with Gasteiger partial charge in [-0.2, -0.15) is 0 Å². The summed E-state index contributed by atoms with van der Waals surface area (Å²) in [6.45, 7) is 5.30. The van der Waals surface area contributed by atoms with E-state index in [1.807, 2.05) is 25.1 Å². The van der Waals surface area contributed by atoms with Crippen LogP contribution in [0.1, 0.15) is 18.9 Å². The zero-order valence-electron chi connectivity index (χ0n) is 18.5. The van der Waals surface area contributed by atoms with E-state index in [-0.39, 0.29) is 5.91 Å². The maximum absolute atomic E-state index is 13.3. The number of nitrogens with zero attached hydrogens (tertiary/aromatic N) is 3. The van der Waals surface area contributed by atoms with Gasteiger partial charge in [0.05, 0.1) is 11.9 Å². The molecule has 3 rings (SSSR count). The molecule has 1 aliphatic rings. The van der Waals surface area contributed by atoms with Crippen molar-refractivity contribution >= 4 is 39.3 Å². The summed E-state index contributed by atoms with van der Waals surface area (Å²) in [5.74, 6) is -0.160. The third-order valence-corrected chi connectivity index (χ3v) is 6.98. The zero-order chi connectivity index (χ0) is 23.1. The minimum Gasteiger partial charge on any atom is -0.338 e. The molecular formula is C24H30ClN3O3S. The van der Waals surface area contributed by atoms with Crippen LogP contribution in [0.3, 0.4) is 0 Å². The number of halogens is 1. The van der Waals surface area contributed by atoms with E-state index >= 15 is 0 Å². The van der Waals surface area contributed by atoms with E-state index in [4.69, 9.17) is 11.6 Å². The molecule has 0 saturated carbocycles. The fourth-order valence-corrected chi connectivity index (χ4v) is 5.23. The second-order valence-corrected chi connectivity index (χ2v) is 10.2. The van der Waals surface area contributed by atoms with E-state index in [9.17, 15) is 13.2 Å². The first-order valence-electron chi connectivity index (χ1n) is 10.8. The van der Waals surface area contributed by atoms with E-state index in [1.165, 1.54) is 4.31 Å². The minimum absolute atomic E-state index is 0.160. The SMILES string of the molecule is CC[C@@H](C(=O)N1CCN(C/C=C/c2ccccc2)CC1)N(c1ccc(Cl)cc1)S(C)(=O)=O. The fraction of sp³-hybridized carbons (Fsp3) is 0.375. The molecule has 1 atom stereocenters. The summed E-state index contributed by atoms with van der Waals surface area (Å²) >= 11 is 5.96. The van der Waals surface area contributed by atoms with Gasteiger partial charge in [-0.05, 0) is 36.2 Å². The number of sulfonamides is 1. The molecule has 1 heterocycles. The highest BCUT2D eigenvalue weighted by molar-refractivity contribution is 7.92. The summed E-state index contributed by atoms with van der Waals surface area (Å²) in [4.78, 5) is 17.4. The number of hydrogen-bond donors (Lipinski definition) is 0. The fourth-order valence-electron chi connectivity index (χ4n) is 3.89. The van der Waals surface area contributed by atoms with Gasteiger partial charge in [-0.15, -0.1) is 0 Å². The monoisotopic (exact) mass is 475 g/mol. The molecule has 1 aliphatic heterocycles. The maximum Gasteiger partial charge on any atom is 0.246 e. The van der Waals surface area contributed by atoms with Crippen LogP contribution < -0.4 is 4.31 Å². The molecule has 1 saturated heterocycles. The van der Waals surface area contributed by atoms with Gasteiger partial charge in [0, 0.05) is 37.7 Å². The van der Waals surface area contributed by atoms with Gasteiger partial charge >= 0.3 is 0 Å². The van der Waals surface area contributed by atoms with Gasteiger partial charge in [-0.3, -0.25) is 14.0 Å². The molecule has 32 heavy (non-hydrogen) atoms. The van der Waals surface area contributed by atoms with Crippen molar-refractivity contribution in [3.05, 3.63) is 71.3 Å². The Bertz CT molecular complexity index is 1020. The van der Waals surface area contributed by atoms with Crippen molar-refractivity contribution in [1.82, 2.24) is 9.80 Å². The summed E-state index contributed by atoms with van der Waals surface area (Å²) in [7, 11) is -3.65. The average molecular weight is 476 g/mol. The number of amides is 1. The van der Waals surface area contributed by atoms with Crippen LogP contribution in [0.5, 0.6) is 0 Å². The number of anilines is 1. The van der Waals surface area contributed by atoms with Gasteiger partial charge in [-0.25, -0.2) is 8.42 Å². The maximum atomic E-state index is 13.3. The van der Waals surface area contributed by atoms with Crippen LogP contribution in [0.2, 0.25) is 5.02 Å². The molecule has 0 unspecified atom stereocenters. The highest BCUT2D eigenvalue weighted by Gasteiger charge is 2.35. The van der Waals surface area contributed by atoms with Crippen LogP contribution in [-0.4, -0.2) is 69.1 Å². The Kier molecular flexibility index (Phi) is 8.34. The van der Waals surface area contributed by atoms with Gasteiger partial charge in [0.1, 0.15) is 6.04 Å². The summed E-state index contributed by atoms with van der Waals surface area (Å²) in [5, 5.41) is 0.513. The molecule has 0 N–H and O–H groups in total. The molecule has 0 aliphatic carbocycles. The zero-order valence-corrected chi connectivity index (χ0v) is 20.1. The Morgan fingerprint density at radius 2 is 1.69 bits per heavy atom. The lowest BCUT2D eigenvalue weighted by molar-refractivity contribution is -0.134. The topological polar surface area (TPSA) is 60.9 Å². The number of piperazine rings is 1. The van der Waals surface area contributed by atoms with Crippen molar-refractivity contribution in [2.45, 2.75) is 19.4 Å². The summed E-state index contributed by atoms with van der Waals surface area (Å²) in [6.07, 6.45) is 5.75. The summed E-state index contributed by atoms with van der Waals surface area (Å²) < 4.78 is 26.4. The van der Waals surface area contributed by atoms with Gasteiger partial charge < -0.3 is 4.90 Å². The smallest absolute Gasteiger partial charge is 0.246 e. The quantitative estimate of drug-likeness (QED) is 0.583. The van der Waals surface area contributed by atoms with E-state index in [0.29, 0.717) is 30.2 Å². The number of rotatable bonds is 8. The molecule has 172 valence electrons. The lowest BCUT2D eigenvalue weighted by atomic mass is 10.1. The highest BCUT2D eigenvalue weighted by Crippen LogP contribution is 2.25. The number of carbonyl (C=O) groups is 1.